The summed E-state index contributed by atoms with van der Waals surface area (Å²) < 4.78 is 36.1. The third-order valence-corrected chi connectivity index (χ3v) is 5.59. The summed E-state index contributed by atoms with van der Waals surface area (Å²) in [6.45, 7) is 1.52. The fourth-order valence-corrected chi connectivity index (χ4v) is 4.00. The van der Waals surface area contributed by atoms with Crippen molar-refractivity contribution in [1.29, 1.82) is 5.41 Å². The molecule has 6 nitrogen and oxygen atoms in total. The van der Waals surface area contributed by atoms with Gasteiger partial charge in [-0.3, -0.25) is 4.79 Å². The molecular formula is C17H15NO5S. The standard InChI is InChI=1S/C17H15NO5S/c1-11(17(19)22-9-8-18)12-6-7-14-16(10-12)24(20,21)15-5-3-2-4-13(15)23-14/h2-8,10-11,18H,9H2,1H3. The summed E-state index contributed by atoms with van der Waals surface area (Å²) in [5.74, 6) is -0.649. The van der Waals surface area contributed by atoms with Crippen LogP contribution in [0.3, 0.4) is 0 Å². The van der Waals surface area contributed by atoms with Gasteiger partial charge < -0.3 is 14.9 Å². The lowest BCUT2D eigenvalue weighted by Gasteiger charge is -2.21. The summed E-state index contributed by atoms with van der Waals surface area (Å²) in [6, 6.07) is 11.0. The van der Waals surface area contributed by atoms with Crippen LogP contribution in [0.5, 0.6) is 11.5 Å². The lowest BCUT2D eigenvalue weighted by atomic mass is 10.0. The van der Waals surface area contributed by atoms with E-state index in [-0.39, 0.29) is 27.9 Å². The number of nitrogens with one attached hydrogen (secondary N) is 1. The molecule has 0 bridgehead atoms. The van der Waals surface area contributed by atoms with Crippen LogP contribution < -0.4 is 4.74 Å². The molecule has 0 saturated carbocycles. The van der Waals surface area contributed by atoms with Crippen molar-refractivity contribution in [1.82, 2.24) is 0 Å². The second-order valence-electron chi connectivity index (χ2n) is 5.31. The quantitative estimate of drug-likeness (QED) is 0.579. The van der Waals surface area contributed by atoms with Gasteiger partial charge in [0.25, 0.3) is 0 Å². The first-order valence-corrected chi connectivity index (χ1v) is 8.75. The van der Waals surface area contributed by atoms with E-state index >= 15 is 0 Å². The van der Waals surface area contributed by atoms with E-state index in [1.54, 1.807) is 37.3 Å². The third-order valence-electron chi connectivity index (χ3n) is 3.78. The van der Waals surface area contributed by atoms with Crippen molar-refractivity contribution >= 4 is 22.0 Å². The van der Waals surface area contributed by atoms with Gasteiger partial charge in [-0.2, -0.15) is 0 Å². The van der Waals surface area contributed by atoms with Gasteiger partial charge in [-0.15, -0.1) is 0 Å². The Morgan fingerprint density at radius 2 is 1.92 bits per heavy atom. The molecule has 1 aliphatic heterocycles. The van der Waals surface area contributed by atoms with Crippen molar-refractivity contribution in [2.45, 2.75) is 22.6 Å². The zero-order valence-electron chi connectivity index (χ0n) is 12.9. The van der Waals surface area contributed by atoms with E-state index in [1.807, 2.05) is 0 Å². The number of carbonyl (C=O) groups excluding carboxylic acids is 1. The van der Waals surface area contributed by atoms with E-state index in [0.717, 1.165) is 6.21 Å². The maximum absolute atomic E-state index is 12.8. The summed E-state index contributed by atoms with van der Waals surface area (Å²) >= 11 is 0. The Kier molecular flexibility index (Phi) is 4.11. The summed E-state index contributed by atoms with van der Waals surface area (Å²) in [5.41, 5.74) is 0.510. The molecule has 7 heteroatoms. The molecule has 0 aromatic heterocycles. The Morgan fingerprint density at radius 1 is 1.21 bits per heavy atom. The summed E-state index contributed by atoms with van der Waals surface area (Å²) in [5, 5.41) is 6.89. The van der Waals surface area contributed by atoms with E-state index in [4.69, 9.17) is 14.9 Å². The third kappa shape index (κ3) is 2.67. The molecule has 24 heavy (non-hydrogen) atoms. The van der Waals surface area contributed by atoms with Gasteiger partial charge in [-0.25, -0.2) is 8.42 Å². The SMILES string of the molecule is CC(C(=O)OCC=N)c1ccc2c(c1)S(=O)(=O)c1ccccc1O2. The fourth-order valence-electron chi connectivity index (χ4n) is 2.47. The van der Waals surface area contributed by atoms with Crippen molar-refractivity contribution in [3.05, 3.63) is 48.0 Å². The Labute approximate surface area is 139 Å². The summed E-state index contributed by atoms with van der Waals surface area (Å²) in [4.78, 5) is 12.1. The van der Waals surface area contributed by atoms with Crippen molar-refractivity contribution in [2.24, 2.45) is 0 Å². The predicted molar refractivity (Wildman–Crippen MR) is 86.6 cm³/mol. The highest BCUT2D eigenvalue weighted by Gasteiger charge is 2.32. The average molecular weight is 345 g/mol. The minimum atomic E-state index is -3.71. The number of para-hydroxylation sites is 1. The lowest BCUT2D eigenvalue weighted by molar-refractivity contribution is -0.143. The van der Waals surface area contributed by atoms with Crippen LogP contribution in [-0.4, -0.2) is 27.2 Å². The second-order valence-corrected chi connectivity index (χ2v) is 7.20. The molecule has 2 aromatic rings. The molecule has 0 radical (unpaired) electrons. The van der Waals surface area contributed by atoms with Gasteiger partial charge in [0.1, 0.15) is 27.9 Å². The second kappa shape index (κ2) is 6.09. The van der Waals surface area contributed by atoms with Crippen molar-refractivity contribution < 1.29 is 22.7 Å². The number of hydrogen-bond donors (Lipinski definition) is 1. The zero-order chi connectivity index (χ0) is 17.3. The maximum Gasteiger partial charge on any atom is 0.313 e. The van der Waals surface area contributed by atoms with Gasteiger partial charge in [-0.1, -0.05) is 18.2 Å². The van der Waals surface area contributed by atoms with Crippen molar-refractivity contribution in [2.75, 3.05) is 6.61 Å². The molecule has 1 heterocycles. The number of sulfone groups is 1. The Morgan fingerprint density at radius 3 is 2.67 bits per heavy atom. The molecule has 0 fully saturated rings. The topological polar surface area (TPSA) is 93.5 Å². The number of benzene rings is 2. The molecule has 0 saturated heterocycles. The highest BCUT2D eigenvalue weighted by Crippen LogP contribution is 2.43. The van der Waals surface area contributed by atoms with Crippen LogP contribution in [0, 0.1) is 5.41 Å². The number of rotatable bonds is 4. The van der Waals surface area contributed by atoms with Gasteiger partial charge in [-0.05, 0) is 36.8 Å². The minimum absolute atomic E-state index is 0.0328. The highest BCUT2D eigenvalue weighted by atomic mass is 32.2. The van der Waals surface area contributed by atoms with E-state index < -0.39 is 21.7 Å². The predicted octanol–water partition coefficient (Wildman–Crippen LogP) is 2.92. The zero-order valence-corrected chi connectivity index (χ0v) is 13.7. The van der Waals surface area contributed by atoms with E-state index in [9.17, 15) is 13.2 Å². The first kappa shape index (κ1) is 16.2. The number of carbonyl (C=O) groups is 1. The van der Waals surface area contributed by atoms with Crippen LogP contribution in [0.4, 0.5) is 0 Å². The fraction of sp³-hybridized carbons (Fsp3) is 0.176. The maximum atomic E-state index is 12.8. The summed E-state index contributed by atoms with van der Waals surface area (Å²) in [7, 11) is -3.71. The molecule has 1 aliphatic rings. The molecule has 1 atom stereocenters. The van der Waals surface area contributed by atoms with Crippen LogP contribution in [0.2, 0.25) is 0 Å². The molecule has 1 unspecified atom stereocenters. The minimum Gasteiger partial charge on any atom is -0.459 e. The normalized spacial score (nSPS) is 15.4. The molecule has 0 spiro atoms. The van der Waals surface area contributed by atoms with Crippen LogP contribution in [-0.2, 0) is 19.4 Å². The smallest absolute Gasteiger partial charge is 0.313 e. The number of hydrogen-bond acceptors (Lipinski definition) is 6. The Bertz CT molecular complexity index is 920. The van der Waals surface area contributed by atoms with Crippen molar-refractivity contribution in [3.8, 4) is 11.5 Å². The highest BCUT2D eigenvalue weighted by molar-refractivity contribution is 7.91. The van der Waals surface area contributed by atoms with Crippen LogP contribution >= 0.6 is 0 Å². The van der Waals surface area contributed by atoms with Crippen molar-refractivity contribution in [3.63, 3.8) is 0 Å². The number of ether oxygens (including phenoxy) is 2. The molecule has 2 aromatic carbocycles. The van der Waals surface area contributed by atoms with Gasteiger partial charge in [0.05, 0.1) is 5.92 Å². The molecule has 0 amide bonds. The van der Waals surface area contributed by atoms with E-state index in [1.165, 1.54) is 12.1 Å². The first-order valence-electron chi connectivity index (χ1n) is 7.26. The van der Waals surface area contributed by atoms with Gasteiger partial charge in [0.2, 0.25) is 9.84 Å². The molecule has 1 N–H and O–H groups in total. The van der Waals surface area contributed by atoms with E-state index in [2.05, 4.69) is 0 Å². The molecule has 3 rings (SSSR count). The largest absolute Gasteiger partial charge is 0.459 e. The summed E-state index contributed by atoms with van der Waals surface area (Å²) in [6.07, 6.45) is 0.979. The molecule has 124 valence electrons. The first-order chi connectivity index (χ1) is 11.4. The molecular weight excluding hydrogens is 330 g/mol. The number of esters is 1. The van der Waals surface area contributed by atoms with Crippen LogP contribution in [0.25, 0.3) is 0 Å². The number of fused-ring (bicyclic) bond motifs is 2. The Balaban J connectivity index is 2.01. The van der Waals surface area contributed by atoms with Crippen LogP contribution in [0.15, 0.2) is 52.3 Å². The Hall–Kier alpha value is -2.67. The van der Waals surface area contributed by atoms with Gasteiger partial charge in [0.15, 0.2) is 0 Å². The van der Waals surface area contributed by atoms with Gasteiger partial charge in [0, 0.05) is 6.21 Å². The van der Waals surface area contributed by atoms with Crippen LogP contribution in [0.1, 0.15) is 18.4 Å². The lowest BCUT2D eigenvalue weighted by Crippen LogP contribution is -2.16. The average Bonchev–Trinajstić information content (AvgIpc) is 2.59. The molecule has 0 aliphatic carbocycles. The van der Waals surface area contributed by atoms with Gasteiger partial charge >= 0.3 is 5.97 Å². The monoisotopic (exact) mass is 345 g/mol. The van der Waals surface area contributed by atoms with E-state index in [0.29, 0.717) is 5.56 Å².